The number of methoxy groups -OCH3 is 1. The first-order chi connectivity index (χ1) is 10.4. The summed E-state index contributed by atoms with van der Waals surface area (Å²) in [6.45, 7) is 9.37. The Kier molecular flexibility index (Phi) is 4.15. The number of ether oxygens (including phenoxy) is 1. The minimum Gasteiger partial charge on any atom is -0.378 e. The third-order valence-corrected chi connectivity index (χ3v) is 5.16. The zero-order valence-electron chi connectivity index (χ0n) is 14.5. The topological polar surface area (TPSA) is 38.2 Å². The fraction of sp³-hybridized carbons (Fsp3) is 0.778. The Balaban J connectivity index is 1.88. The first-order valence-electron chi connectivity index (χ1n) is 8.54. The molecule has 122 valence electrons. The molecule has 0 radical (unpaired) electrons. The molecule has 4 heteroatoms. The van der Waals surface area contributed by atoms with Gasteiger partial charge in [-0.1, -0.05) is 33.6 Å². The maximum absolute atomic E-state index is 5.30. The van der Waals surface area contributed by atoms with Crippen LogP contribution >= 0.6 is 0 Å². The molecule has 0 N–H and O–H groups in total. The number of hydrogen-bond acceptors (Lipinski definition) is 4. The van der Waals surface area contributed by atoms with Crippen molar-refractivity contribution in [2.24, 2.45) is 5.41 Å². The summed E-state index contributed by atoms with van der Waals surface area (Å²) in [5.41, 5.74) is 1.52. The Morgan fingerprint density at radius 3 is 2.55 bits per heavy atom. The average Bonchev–Trinajstić information content (AvgIpc) is 3.09. The van der Waals surface area contributed by atoms with E-state index in [0.717, 1.165) is 23.9 Å². The van der Waals surface area contributed by atoms with Gasteiger partial charge in [-0.2, -0.15) is 0 Å². The lowest BCUT2D eigenvalue weighted by Gasteiger charge is -2.26. The highest BCUT2D eigenvalue weighted by atomic mass is 16.5. The van der Waals surface area contributed by atoms with Gasteiger partial charge in [0.1, 0.15) is 11.6 Å². The van der Waals surface area contributed by atoms with E-state index < -0.39 is 0 Å². The van der Waals surface area contributed by atoms with Crippen LogP contribution in [-0.2, 0) is 16.8 Å². The van der Waals surface area contributed by atoms with Gasteiger partial charge in [-0.05, 0) is 24.7 Å². The summed E-state index contributed by atoms with van der Waals surface area (Å²) >= 11 is 0. The molecule has 0 atom stereocenters. The maximum atomic E-state index is 5.30. The summed E-state index contributed by atoms with van der Waals surface area (Å²) in [6, 6.07) is 2.12. The fourth-order valence-electron chi connectivity index (χ4n) is 3.87. The molecule has 0 unspecified atom stereocenters. The summed E-state index contributed by atoms with van der Waals surface area (Å²) in [7, 11) is 1.72. The molecule has 2 aliphatic rings. The van der Waals surface area contributed by atoms with E-state index in [1.54, 1.807) is 7.11 Å². The molecule has 1 aromatic rings. The molecule has 4 nitrogen and oxygen atoms in total. The van der Waals surface area contributed by atoms with E-state index in [4.69, 9.17) is 14.7 Å². The largest absolute Gasteiger partial charge is 0.378 e. The number of nitrogens with zero attached hydrogens (tertiary/aromatic N) is 3. The van der Waals surface area contributed by atoms with E-state index in [1.165, 1.54) is 38.6 Å². The van der Waals surface area contributed by atoms with Crippen LogP contribution in [-0.4, -0.2) is 30.2 Å². The van der Waals surface area contributed by atoms with Gasteiger partial charge < -0.3 is 9.64 Å². The van der Waals surface area contributed by atoms with Crippen LogP contribution < -0.4 is 4.90 Å². The standard InChI is InChI=1S/C18H29N3O/c1-17(2,3)16-19-14(12-22-4)11-15(20-16)21-10-9-18(13-21)7-5-6-8-18/h11H,5-10,12-13H2,1-4H3. The van der Waals surface area contributed by atoms with E-state index in [1.807, 2.05) is 0 Å². The van der Waals surface area contributed by atoms with Crippen molar-refractivity contribution >= 4 is 5.82 Å². The lowest BCUT2D eigenvalue weighted by atomic mass is 9.86. The van der Waals surface area contributed by atoms with E-state index in [9.17, 15) is 0 Å². The van der Waals surface area contributed by atoms with Gasteiger partial charge in [-0.15, -0.1) is 0 Å². The molecular weight excluding hydrogens is 274 g/mol. The Bertz CT molecular complexity index is 530. The molecule has 3 rings (SSSR count). The summed E-state index contributed by atoms with van der Waals surface area (Å²) in [6.07, 6.45) is 6.91. The molecule has 1 aromatic heterocycles. The predicted molar refractivity (Wildman–Crippen MR) is 89.2 cm³/mol. The number of anilines is 1. The van der Waals surface area contributed by atoms with Gasteiger partial charge in [0.05, 0.1) is 12.3 Å². The van der Waals surface area contributed by atoms with Gasteiger partial charge in [0.15, 0.2) is 0 Å². The van der Waals surface area contributed by atoms with E-state index >= 15 is 0 Å². The highest BCUT2D eigenvalue weighted by Gasteiger charge is 2.40. The SMILES string of the molecule is COCc1cc(N2CCC3(CCCC3)C2)nc(C(C)(C)C)n1. The van der Waals surface area contributed by atoms with Crippen LogP contribution in [0.4, 0.5) is 5.82 Å². The second kappa shape index (κ2) is 5.80. The first-order valence-corrected chi connectivity index (χ1v) is 8.54. The molecule has 1 saturated carbocycles. The third kappa shape index (κ3) is 3.12. The van der Waals surface area contributed by atoms with E-state index in [0.29, 0.717) is 12.0 Å². The van der Waals surface area contributed by atoms with Crippen molar-refractivity contribution in [3.63, 3.8) is 0 Å². The van der Waals surface area contributed by atoms with Gasteiger partial charge in [-0.3, -0.25) is 0 Å². The Labute approximate surface area is 134 Å². The lowest BCUT2D eigenvalue weighted by Crippen LogP contribution is -2.27. The minimum atomic E-state index is -0.0384. The van der Waals surface area contributed by atoms with Gasteiger partial charge in [0.25, 0.3) is 0 Å². The molecule has 0 bridgehead atoms. The number of hydrogen-bond donors (Lipinski definition) is 0. The highest BCUT2D eigenvalue weighted by Crippen LogP contribution is 2.46. The Morgan fingerprint density at radius 2 is 1.91 bits per heavy atom. The van der Waals surface area contributed by atoms with Crippen LogP contribution in [0.1, 0.15) is 64.4 Å². The van der Waals surface area contributed by atoms with Crippen LogP contribution in [0.15, 0.2) is 6.07 Å². The van der Waals surface area contributed by atoms with Crippen molar-refractivity contribution in [2.75, 3.05) is 25.1 Å². The van der Waals surface area contributed by atoms with Crippen LogP contribution in [0, 0.1) is 5.41 Å². The highest BCUT2D eigenvalue weighted by molar-refractivity contribution is 5.42. The van der Waals surface area contributed by atoms with Crippen molar-refractivity contribution < 1.29 is 4.74 Å². The predicted octanol–water partition coefficient (Wildman–Crippen LogP) is 3.69. The second-order valence-electron chi connectivity index (χ2n) is 8.10. The van der Waals surface area contributed by atoms with Gasteiger partial charge >= 0.3 is 0 Å². The monoisotopic (exact) mass is 303 g/mol. The fourth-order valence-corrected chi connectivity index (χ4v) is 3.87. The van der Waals surface area contributed by atoms with Crippen LogP contribution in [0.3, 0.4) is 0 Å². The van der Waals surface area contributed by atoms with Crippen molar-refractivity contribution in [1.29, 1.82) is 0 Å². The van der Waals surface area contributed by atoms with Crippen LogP contribution in [0.25, 0.3) is 0 Å². The molecule has 0 aromatic carbocycles. The first kappa shape index (κ1) is 15.7. The van der Waals surface area contributed by atoms with Crippen molar-refractivity contribution in [3.8, 4) is 0 Å². The molecule has 1 spiro atoms. The summed E-state index contributed by atoms with van der Waals surface area (Å²) in [4.78, 5) is 12.0. The molecule has 22 heavy (non-hydrogen) atoms. The minimum absolute atomic E-state index is 0.0384. The third-order valence-electron chi connectivity index (χ3n) is 5.16. The number of aromatic nitrogens is 2. The number of rotatable bonds is 3. The normalized spacial score (nSPS) is 21.0. The maximum Gasteiger partial charge on any atom is 0.136 e. The van der Waals surface area contributed by atoms with Crippen molar-refractivity contribution in [3.05, 3.63) is 17.6 Å². The molecule has 1 saturated heterocycles. The molecule has 2 fully saturated rings. The Hall–Kier alpha value is -1.16. The average molecular weight is 303 g/mol. The lowest BCUT2D eigenvalue weighted by molar-refractivity contribution is 0.181. The van der Waals surface area contributed by atoms with E-state index in [2.05, 4.69) is 31.7 Å². The molecule has 0 amide bonds. The Morgan fingerprint density at radius 1 is 1.18 bits per heavy atom. The van der Waals surface area contributed by atoms with Crippen molar-refractivity contribution in [2.45, 2.75) is 64.9 Å². The summed E-state index contributed by atoms with van der Waals surface area (Å²) in [5, 5.41) is 0. The summed E-state index contributed by atoms with van der Waals surface area (Å²) < 4.78 is 5.30. The zero-order valence-corrected chi connectivity index (χ0v) is 14.5. The summed E-state index contributed by atoms with van der Waals surface area (Å²) in [5.74, 6) is 2.01. The van der Waals surface area contributed by atoms with Crippen LogP contribution in [0.5, 0.6) is 0 Å². The smallest absolute Gasteiger partial charge is 0.136 e. The van der Waals surface area contributed by atoms with Gasteiger partial charge in [0.2, 0.25) is 0 Å². The second-order valence-corrected chi connectivity index (χ2v) is 8.10. The molecule has 1 aliphatic carbocycles. The van der Waals surface area contributed by atoms with Crippen LogP contribution in [0.2, 0.25) is 0 Å². The molecular formula is C18H29N3O. The van der Waals surface area contributed by atoms with E-state index in [-0.39, 0.29) is 5.41 Å². The van der Waals surface area contributed by atoms with Gasteiger partial charge in [0, 0.05) is 31.7 Å². The molecule has 2 heterocycles. The zero-order chi connectivity index (χ0) is 15.8. The molecule has 1 aliphatic heterocycles. The van der Waals surface area contributed by atoms with Gasteiger partial charge in [-0.25, -0.2) is 9.97 Å². The quantitative estimate of drug-likeness (QED) is 0.853. The van der Waals surface area contributed by atoms with Crippen molar-refractivity contribution in [1.82, 2.24) is 9.97 Å².